The number of rotatable bonds is 9. The smallest absolute Gasteiger partial charge is 0.337 e. The second-order valence-electron chi connectivity index (χ2n) is 5.85. The number of carboxylic acid groups (broad SMARTS) is 1. The van der Waals surface area contributed by atoms with E-state index in [0.29, 0.717) is 17.9 Å². The van der Waals surface area contributed by atoms with Crippen molar-refractivity contribution in [1.29, 1.82) is 0 Å². The predicted molar refractivity (Wildman–Crippen MR) is 105 cm³/mol. The van der Waals surface area contributed by atoms with Gasteiger partial charge in [0.05, 0.1) is 23.4 Å². The molecule has 0 aliphatic rings. The van der Waals surface area contributed by atoms with E-state index in [9.17, 15) is 14.7 Å². The first-order valence-corrected chi connectivity index (χ1v) is 9.38. The molecule has 0 aromatic heterocycles. The number of carboxylic acids is 1. The van der Waals surface area contributed by atoms with Crippen LogP contribution >= 0.6 is 15.9 Å². The van der Waals surface area contributed by atoms with Gasteiger partial charge in [-0.3, -0.25) is 4.79 Å². The molecule has 0 bridgehead atoms. The van der Waals surface area contributed by atoms with Gasteiger partial charge in [0.25, 0.3) is 5.91 Å². The van der Waals surface area contributed by atoms with Crippen molar-refractivity contribution in [3.8, 4) is 5.75 Å². The Morgan fingerprint density at radius 3 is 2.58 bits per heavy atom. The Labute approximate surface area is 161 Å². The van der Waals surface area contributed by atoms with E-state index in [0.717, 1.165) is 30.2 Å². The highest BCUT2D eigenvalue weighted by Gasteiger charge is 2.17. The second-order valence-corrected chi connectivity index (χ2v) is 6.77. The number of carbonyl (C=O) groups excluding carboxylic acids is 1. The van der Waals surface area contributed by atoms with Crippen molar-refractivity contribution in [1.82, 2.24) is 0 Å². The van der Waals surface area contributed by atoms with Crippen LogP contribution in [0.25, 0.3) is 0 Å². The maximum Gasteiger partial charge on any atom is 0.337 e. The minimum Gasteiger partial charge on any atom is -0.493 e. The highest BCUT2D eigenvalue weighted by molar-refractivity contribution is 9.10. The molecule has 0 radical (unpaired) electrons. The van der Waals surface area contributed by atoms with Gasteiger partial charge in [-0.1, -0.05) is 54.2 Å². The second kappa shape index (κ2) is 9.97. The van der Waals surface area contributed by atoms with Crippen LogP contribution < -0.4 is 10.1 Å². The molecule has 6 heteroatoms. The average Bonchev–Trinajstić information content (AvgIpc) is 2.62. The quantitative estimate of drug-likeness (QED) is 0.536. The number of amides is 1. The first-order valence-electron chi connectivity index (χ1n) is 8.59. The van der Waals surface area contributed by atoms with Gasteiger partial charge < -0.3 is 15.2 Å². The number of hydrogen-bond donors (Lipinski definition) is 2. The highest BCUT2D eigenvalue weighted by atomic mass is 79.9. The number of unbranched alkanes of at least 4 members (excludes halogenated alkanes) is 3. The maximum absolute atomic E-state index is 12.7. The van der Waals surface area contributed by atoms with Gasteiger partial charge in [0, 0.05) is 4.47 Å². The number of halogens is 1. The lowest BCUT2D eigenvalue weighted by molar-refractivity contribution is 0.0698. The fourth-order valence-corrected chi connectivity index (χ4v) is 2.85. The molecule has 0 saturated carbocycles. The van der Waals surface area contributed by atoms with Crippen molar-refractivity contribution < 1.29 is 19.4 Å². The van der Waals surface area contributed by atoms with Gasteiger partial charge in [0.1, 0.15) is 5.75 Å². The van der Waals surface area contributed by atoms with Crippen molar-refractivity contribution in [2.75, 3.05) is 11.9 Å². The topological polar surface area (TPSA) is 75.6 Å². The summed E-state index contributed by atoms with van der Waals surface area (Å²) in [4.78, 5) is 24.0. The van der Waals surface area contributed by atoms with Gasteiger partial charge in [0.15, 0.2) is 0 Å². The van der Waals surface area contributed by atoms with E-state index in [1.807, 2.05) is 6.07 Å². The predicted octanol–water partition coefficient (Wildman–Crippen LogP) is 5.36. The van der Waals surface area contributed by atoms with Gasteiger partial charge in [-0.2, -0.15) is 0 Å². The molecule has 0 unspecified atom stereocenters. The van der Waals surface area contributed by atoms with Crippen molar-refractivity contribution in [2.45, 2.75) is 32.6 Å². The van der Waals surface area contributed by atoms with E-state index in [1.54, 1.807) is 30.3 Å². The third-order valence-electron chi connectivity index (χ3n) is 3.85. The molecule has 26 heavy (non-hydrogen) atoms. The third kappa shape index (κ3) is 5.59. The Hall–Kier alpha value is -2.34. The van der Waals surface area contributed by atoms with Gasteiger partial charge in [-0.25, -0.2) is 4.79 Å². The third-order valence-corrected chi connectivity index (χ3v) is 4.34. The van der Waals surface area contributed by atoms with Gasteiger partial charge in [-0.15, -0.1) is 0 Å². The fourth-order valence-electron chi connectivity index (χ4n) is 2.48. The molecule has 1 amide bonds. The molecule has 0 atom stereocenters. The molecular formula is C20H22BrNO4. The van der Waals surface area contributed by atoms with E-state index < -0.39 is 11.9 Å². The fraction of sp³-hybridized carbons (Fsp3) is 0.300. The summed E-state index contributed by atoms with van der Waals surface area (Å²) < 4.78 is 6.52. The molecule has 0 spiro atoms. The van der Waals surface area contributed by atoms with Crippen LogP contribution in [-0.4, -0.2) is 23.6 Å². The van der Waals surface area contributed by atoms with Crippen LogP contribution in [0.1, 0.15) is 53.3 Å². The first-order chi connectivity index (χ1) is 12.5. The summed E-state index contributed by atoms with van der Waals surface area (Å²) in [5.74, 6) is -1.03. The standard InChI is InChI=1S/C20H22BrNO4/c1-2-3-4-7-12-26-18-11-10-14(21)13-16(18)19(23)22-17-9-6-5-8-15(17)20(24)25/h5-6,8-11,13H,2-4,7,12H2,1H3,(H,22,23)(H,24,25). The van der Waals surface area contributed by atoms with E-state index in [4.69, 9.17) is 4.74 Å². The Kier molecular flexibility index (Phi) is 7.66. The van der Waals surface area contributed by atoms with Crippen LogP contribution in [0.4, 0.5) is 5.69 Å². The molecule has 2 rings (SSSR count). The Morgan fingerprint density at radius 1 is 1.08 bits per heavy atom. The maximum atomic E-state index is 12.7. The SMILES string of the molecule is CCCCCCOc1ccc(Br)cc1C(=O)Nc1ccccc1C(=O)O. The summed E-state index contributed by atoms with van der Waals surface area (Å²) in [6.45, 7) is 2.68. The molecular weight excluding hydrogens is 398 g/mol. The number of hydrogen-bond acceptors (Lipinski definition) is 3. The zero-order valence-corrected chi connectivity index (χ0v) is 16.2. The Bertz CT molecular complexity index is 776. The number of aromatic carboxylic acids is 1. The van der Waals surface area contributed by atoms with Gasteiger partial charge in [0.2, 0.25) is 0 Å². The average molecular weight is 420 g/mol. The van der Waals surface area contributed by atoms with E-state index >= 15 is 0 Å². The number of ether oxygens (including phenoxy) is 1. The summed E-state index contributed by atoms with van der Waals surface area (Å²) in [5.41, 5.74) is 0.645. The van der Waals surface area contributed by atoms with Crippen LogP contribution in [-0.2, 0) is 0 Å². The van der Waals surface area contributed by atoms with Gasteiger partial charge >= 0.3 is 5.97 Å². The minimum atomic E-state index is -1.09. The molecule has 0 aliphatic heterocycles. The monoisotopic (exact) mass is 419 g/mol. The molecule has 2 aromatic rings. The Morgan fingerprint density at radius 2 is 1.85 bits per heavy atom. The number of anilines is 1. The van der Waals surface area contributed by atoms with E-state index in [-0.39, 0.29) is 11.3 Å². The van der Waals surface area contributed by atoms with Crippen LogP contribution in [0.3, 0.4) is 0 Å². The summed E-state index contributed by atoms with van der Waals surface area (Å²) in [6.07, 6.45) is 4.31. The lowest BCUT2D eigenvalue weighted by Crippen LogP contribution is -2.16. The molecule has 138 valence electrons. The lowest BCUT2D eigenvalue weighted by atomic mass is 10.1. The van der Waals surface area contributed by atoms with E-state index in [2.05, 4.69) is 28.2 Å². The lowest BCUT2D eigenvalue weighted by Gasteiger charge is -2.13. The van der Waals surface area contributed by atoms with Gasteiger partial charge in [-0.05, 0) is 36.8 Å². The van der Waals surface area contributed by atoms with Crippen molar-refractivity contribution >= 4 is 33.5 Å². The van der Waals surface area contributed by atoms with Crippen molar-refractivity contribution in [3.05, 3.63) is 58.1 Å². The molecule has 5 nitrogen and oxygen atoms in total. The van der Waals surface area contributed by atoms with Crippen LogP contribution in [0.15, 0.2) is 46.9 Å². The molecule has 2 N–H and O–H groups in total. The van der Waals surface area contributed by atoms with Crippen molar-refractivity contribution in [3.63, 3.8) is 0 Å². The zero-order chi connectivity index (χ0) is 18.9. The van der Waals surface area contributed by atoms with Crippen LogP contribution in [0.5, 0.6) is 5.75 Å². The number of nitrogens with one attached hydrogen (secondary N) is 1. The van der Waals surface area contributed by atoms with E-state index in [1.165, 1.54) is 6.07 Å². The Balaban J connectivity index is 2.15. The molecule has 0 saturated heterocycles. The molecule has 2 aromatic carbocycles. The highest BCUT2D eigenvalue weighted by Crippen LogP contribution is 2.25. The first kappa shape index (κ1) is 20.0. The zero-order valence-electron chi connectivity index (χ0n) is 14.6. The number of carbonyl (C=O) groups is 2. The largest absolute Gasteiger partial charge is 0.493 e. The molecule has 0 fully saturated rings. The summed E-state index contributed by atoms with van der Waals surface area (Å²) >= 11 is 3.36. The molecule has 0 heterocycles. The summed E-state index contributed by atoms with van der Waals surface area (Å²) in [6, 6.07) is 11.5. The molecule has 0 aliphatic carbocycles. The summed E-state index contributed by atoms with van der Waals surface area (Å²) in [7, 11) is 0. The number of para-hydroxylation sites is 1. The van der Waals surface area contributed by atoms with Crippen molar-refractivity contribution in [2.24, 2.45) is 0 Å². The normalized spacial score (nSPS) is 10.4. The van der Waals surface area contributed by atoms with Crippen LogP contribution in [0.2, 0.25) is 0 Å². The summed E-state index contributed by atoms with van der Waals surface area (Å²) in [5, 5.41) is 11.9. The number of benzene rings is 2. The minimum absolute atomic E-state index is 0.0397. The van der Waals surface area contributed by atoms with Crippen LogP contribution in [0, 0.1) is 0 Å².